The second kappa shape index (κ2) is 5.23. The van der Waals surface area contributed by atoms with Crippen molar-refractivity contribution < 1.29 is 4.52 Å². The van der Waals surface area contributed by atoms with Gasteiger partial charge in [-0.15, -0.1) is 11.3 Å². The molecule has 0 radical (unpaired) electrons. The average Bonchev–Trinajstić information content (AvgIpc) is 2.85. The van der Waals surface area contributed by atoms with Gasteiger partial charge in [0, 0.05) is 12.5 Å². The Bertz CT molecular complexity index is 422. The van der Waals surface area contributed by atoms with Crippen LogP contribution in [0.1, 0.15) is 25.7 Å². The van der Waals surface area contributed by atoms with Gasteiger partial charge in [0.25, 0.3) is 0 Å². The Kier molecular flexibility index (Phi) is 3.69. The molecule has 16 heavy (non-hydrogen) atoms. The minimum atomic E-state index is 0.236. The van der Waals surface area contributed by atoms with Gasteiger partial charge in [-0.3, -0.25) is 0 Å². The van der Waals surface area contributed by atoms with E-state index in [2.05, 4.69) is 10.1 Å². The molecular formula is C11H15N3OS. The summed E-state index contributed by atoms with van der Waals surface area (Å²) in [6.07, 6.45) is 2.78. The van der Waals surface area contributed by atoms with Crippen LogP contribution >= 0.6 is 11.3 Å². The van der Waals surface area contributed by atoms with E-state index < -0.39 is 0 Å². The zero-order chi connectivity index (χ0) is 11.4. The monoisotopic (exact) mass is 237 g/mol. The van der Waals surface area contributed by atoms with E-state index in [0.29, 0.717) is 11.7 Å². The molecule has 0 bridgehead atoms. The Balaban J connectivity index is 1.93. The zero-order valence-corrected chi connectivity index (χ0v) is 10.0. The summed E-state index contributed by atoms with van der Waals surface area (Å²) >= 11 is 1.61. The van der Waals surface area contributed by atoms with Crippen LogP contribution in [0, 0.1) is 0 Å². The van der Waals surface area contributed by atoms with Gasteiger partial charge in [-0.1, -0.05) is 11.2 Å². The third-order valence-corrected chi connectivity index (χ3v) is 3.13. The molecule has 5 heteroatoms. The molecule has 1 atom stereocenters. The molecule has 0 aliphatic carbocycles. The summed E-state index contributed by atoms with van der Waals surface area (Å²) in [6.45, 7) is 2.00. The number of hydrogen-bond donors (Lipinski definition) is 1. The lowest BCUT2D eigenvalue weighted by Gasteiger charge is -2.00. The summed E-state index contributed by atoms with van der Waals surface area (Å²) in [5.41, 5.74) is 5.67. The largest absolute Gasteiger partial charge is 0.339 e. The Hall–Kier alpha value is -1.20. The maximum absolute atomic E-state index is 5.67. The lowest BCUT2D eigenvalue weighted by Crippen LogP contribution is -2.14. The van der Waals surface area contributed by atoms with Crippen molar-refractivity contribution >= 4 is 11.3 Å². The Morgan fingerprint density at radius 3 is 3.12 bits per heavy atom. The van der Waals surface area contributed by atoms with E-state index in [0.717, 1.165) is 24.1 Å². The minimum absolute atomic E-state index is 0.236. The summed E-state index contributed by atoms with van der Waals surface area (Å²) in [5, 5.41) is 5.95. The molecule has 0 saturated carbocycles. The molecule has 2 heterocycles. The number of hydrogen-bond acceptors (Lipinski definition) is 5. The van der Waals surface area contributed by atoms with Crippen LogP contribution in [0.5, 0.6) is 0 Å². The van der Waals surface area contributed by atoms with Crippen molar-refractivity contribution in [3.63, 3.8) is 0 Å². The Morgan fingerprint density at radius 2 is 2.44 bits per heavy atom. The molecule has 2 N–H and O–H groups in total. The molecule has 86 valence electrons. The fourth-order valence-electron chi connectivity index (χ4n) is 1.44. The highest BCUT2D eigenvalue weighted by atomic mass is 32.1. The maximum Gasteiger partial charge on any atom is 0.226 e. The lowest BCUT2D eigenvalue weighted by atomic mass is 10.1. The zero-order valence-electron chi connectivity index (χ0n) is 9.22. The molecule has 2 aromatic heterocycles. The van der Waals surface area contributed by atoms with Crippen LogP contribution in [0.15, 0.2) is 22.0 Å². The Morgan fingerprint density at radius 1 is 1.56 bits per heavy atom. The smallest absolute Gasteiger partial charge is 0.226 e. The van der Waals surface area contributed by atoms with Crippen molar-refractivity contribution in [1.29, 1.82) is 0 Å². The Labute approximate surface area is 98.5 Å². The van der Waals surface area contributed by atoms with E-state index in [1.54, 1.807) is 11.3 Å². The van der Waals surface area contributed by atoms with Gasteiger partial charge in [-0.25, -0.2) is 0 Å². The van der Waals surface area contributed by atoms with Crippen LogP contribution < -0.4 is 5.73 Å². The van der Waals surface area contributed by atoms with Gasteiger partial charge in [0.1, 0.15) is 0 Å². The van der Waals surface area contributed by atoms with Gasteiger partial charge in [-0.2, -0.15) is 4.98 Å². The number of nitrogens with two attached hydrogens (primary N) is 1. The molecule has 0 spiro atoms. The average molecular weight is 237 g/mol. The summed E-state index contributed by atoms with van der Waals surface area (Å²) in [7, 11) is 0. The van der Waals surface area contributed by atoms with Crippen LogP contribution in [0.25, 0.3) is 10.7 Å². The van der Waals surface area contributed by atoms with Crippen LogP contribution in [-0.4, -0.2) is 16.2 Å². The molecular weight excluding hydrogens is 222 g/mol. The topological polar surface area (TPSA) is 64.9 Å². The number of nitrogens with zero attached hydrogens (tertiary/aromatic N) is 2. The standard InChI is InChI=1S/C11H15N3OS/c1-8(12)4-2-6-10-13-11(14-15-10)9-5-3-7-16-9/h3,5,7-8H,2,4,6,12H2,1H3. The van der Waals surface area contributed by atoms with E-state index in [1.807, 2.05) is 24.4 Å². The normalized spacial score (nSPS) is 12.9. The molecule has 2 rings (SSSR count). The molecule has 0 aromatic carbocycles. The second-order valence-electron chi connectivity index (χ2n) is 3.86. The van der Waals surface area contributed by atoms with Gasteiger partial charge >= 0.3 is 0 Å². The van der Waals surface area contributed by atoms with Crippen molar-refractivity contribution in [2.24, 2.45) is 5.73 Å². The predicted octanol–water partition coefficient (Wildman–Crippen LogP) is 2.47. The molecule has 1 unspecified atom stereocenters. The van der Waals surface area contributed by atoms with Gasteiger partial charge < -0.3 is 10.3 Å². The van der Waals surface area contributed by atoms with Crippen molar-refractivity contribution in [2.45, 2.75) is 32.2 Å². The van der Waals surface area contributed by atoms with Crippen LogP contribution in [0.2, 0.25) is 0 Å². The van der Waals surface area contributed by atoms with Crippen LogP contribution in [-0.2, 0) is 6.42 Å². The molecule has 0 amide bonds. The highest BCUT2D eigenvalue weighted by Gasteiger charge is 2.09. The number of aryl methyl sites for hydroxylation is 1. The molecule has 0 saturated heterocycles. The van der Waals surface area contributed by atoms with Crippen molar-refractivity contribution in [3.8, 4) is 10.7 Å². The lowest BCUT2D eigenvalue weighted by molar-refractivity contribution is 0.373. The first-order valence-electron chi connectivity index (χ1n) is 5.38. The first-order chi connectivity index (χ1) is 7.75. The van der Waals surface area contributed by atoms with E-state index >= 15 is 0 Å². The quantitative estimate of drug-likeness (QED) is 0.867. The third kappa shape index (κ3) is 2.90. The second-order valence-corrected chi connectivity index (χ2v) is 4.81. The van der Waals surface area contributed by atoms with E-state index in [4.69, 9.17) is 10.3 Å². The van der Waals surface area contributed by atoms with Crippen molar-refractivity contribution in [1.82, 2.24) is 10.1 Å². The molecule has 0 aliphatic heterocycles. The summed E-state index contributed by atoms with van der Waals surface area (Å²) in [5.74, 6) is 1.38. The molecule has 0 fully saturated rings. The summed E-state index contributed by atoms with van der Waals surface area (Å²) in [6, 6.07) is 4.20. The van der Waals surface area contributed by atoms with Crippen molar-refractivity contribution in [3.05, 3.63) is 23.4 Å². The van der Waals surface area contributed by atoms with Crippen LogP contribution in [0.3, 0.4) is 0 Å². The first kappa shape index (κ1) is 11.3. The fraction of sp³-hybridized carbons (Fsp3) is 0.455. The SMILES string of the molecule is CC(N)CCCc1nc(-c2cccs2)no1. The number of thiophene rings is 1. The first-order valence-corrected chi connectivity index (χ1v) is 6.25. The van der Waals surface area contributed by atoms with E-state index in [9.17, 15) is 0 Å². The summed E-state index contributed by atoms with van der Waals surface area (Å²) < 4.78 is 5.17. The van der Waals surface area contributed by atoms with Crippen molar-refractivity contribution in [2.75, 3.05) is 0 Å². The van der Waals surface area contributed by atoms with Gasteiger partial charge in [0.15, 0.2) is 0 Å². The van der Waals surface area contributed by atoms with Crippen LogP contribution in [0.4, 0.5) is 0 Å². The molecule has 0 aliphatic rings. The summed E-state index contributed by atoms with van der Waals surface area (Å²) in [4.78, 5) is 5.39. The van der Waals surface area contributed by atoms with Gasteiger partial charge in [0.05, 0.1) is 4.88 Å². The third-order valence-electron chi connectivity index (χ3n) is 2.26. The number of aromatic nitrogens is 2. The predicted molar refractivity (Wildman–Crippen MR) is 64.2 cm³/mol. The molecule has 4 nitrogen and oxygen atoms in total. The van der Waals surface area contributed by atoms with Gasteiger partial charge in [0.2, 0.25) is 11.7 Å². The molecule has 2 aromatic rings. The van der Waals surface area contributed by atoms with E-state index in [1.165, 1.54) is 0 Å². The van der Waals surface area contributed by atoms with Gasteiger partial charge in [-0.05, 0) is 31.2 Å². The highest BCUT2D eigenvalue weighted by molar-refractivity contribution is 7.13. The maximum atomic E-state index is 5.67. The fourth-order valence-corrected chi connectivity index (χ4v) is 2.09. The van der Waals surface area contributed by atoms with E-state index in [-0.39, 0.29) is 6.04 Å². The number of rotatable bonds is 5. The highest BCUT2D eigenvalue weighted by Crippen LogP contribution is 2.21. The minimum Gasteiger partial charge on any atom is -0.339 e.